The third-order valence-electron chi connectivity index (χ3n) is 3.07. The van der Waals surface area contributed by atoms with Gasteiger partial charge in [-0.3, -0.25) is 0 Å². The average Bonchev–Trinajstić information content (AvgIpc) is 2.38. The van der Waals surface area contributed by atoms with Crippen molar-refractivity contribution in [2.24, 2.45) is 0 Å². The van der Waals surface area contributed by atoms with Crippen LogP contribution < -0.4 is 4.90 Å². The van der Waals surface area contributed by atoms with Crippen LogP contribution in [-0.4, -0.2) is 6.54 Å². The van der Waals surface area contributed by atoms with E-state index in [0.29, 0.717) is 6.54 Å². The molecule has 0 saturated carbocycles. The summed E-state index contributed by atoms with van der Waals surface area (Å²) in [5.74, 6) is -0.136. The van der Waals surface area contributed by atoms with Crippen LogP contribution in [-0.2, 0) is 6.54 Å². The number of benzene rings is 2. The van der Waals surface area contributed by atoms with Crippen LogP contribution >= 0.6 is 0 Å². The maximum Gasteiger partial charge on any atom is 0.128 e. The van der Waals surface area contributed by atoms with E-state index in [1.165, 1.54) is 11.6 Å². The maximum absolute atomic E-state index is 13.7. The third kappa shape index (κ3) is 2.89. The van der Waals surface area contributed by atoms with Crippen molar-refractivity contribution in [1.82, 2.24) is 0 Å². The highest BCUT2D eigenvalue weighted by Gasteiger charge is 2.08. The molecule has 0 fully saturated rings. The van der Waals surface area contributed by atoms with E-state index in [9.17, 15) is 4.39 Å². The Morgan fingerprint density at radius 2 is 1.83 bits per heavy atom. The largest absolute Gasteiger partial charge is 0.367 e. The topological polar surface area (TPSA) is 3.24 Å². The Bertz CT molecular complexity index is 522. The fourth-order valence-electron chi connectivity index (χ4n) is 2.04. The predicted octanol–water partition coefficient (Wildman–Crippen LogP) is 4.16. The summed E-state index contributed by atoms with van der Waals surface area (Å²) in [5.41, 5.74) is 3.10. The van der Waals surface area contributed by atoms with Gasteiger partial charge in [0.2, 0.25) is 0 Å². The molecule has 94 valence electrons. The number of anilines is 1. The zero-order valence-corrected chi connectivity index (χ0v) is 10.9. The first-order valence-electron chi connectivity index (χ1n) is 6.25. The molecule has 0 heterocycles. The number of nitrogens with zero attached hydrogens (tertiary/aromatic N) is 1. The molecule has 0 aliphatic heterocycles. The molecule has 2 heteroatoms. The first-order chi connectivity index (χ1) is 8.70. The van der Waals surface area contributed by atoms with Crippen molar-refractivity contribution in [3.8, 4) is 0 Å². The fourth-order valence-corrected chi connectivity index (χ4v) is 2.04. The Kier molecular flexibility index (Phi) is 3.98. The van der Waals surface area contributed by atoms with Crippen LogP contribution in [0.15, 0.2) is 48.5 Å². The number of aryl methyl sites for hydroxylation is 1. The molecule has 0 saturated heterocycles. The molecule has 0 aliphatic carbocycles. The van der Waals surface area contributed by atoms with Gasteiger partial charge in [0.1, 0.15) is 5.82 Å². The molecule has 1 nitrogen and oxygen atoms in total. The third-order valence-corrected chi connectivity index (χ3v) is 3.07. The van der Waals surface area contributed by atoms with Crippen molar-refractivity contribution >= 4 is 5.69 Å². The molecule has 2 rings (SSSR count). The molecule has 0 aromatic heterocycles. The molecule has 0 unspecified atom stereocenters. The lowest BCUT2D eigenvalue weighted by Gasteiger charge is -2.23. The zero-order chi connectivity index (χ0) is 13.0. The summed E-state index contributed by atoms with van der Waals surface area (Å²) < 4.78 is 13.7. The van der Waals surface area contributed by atoms with E-state index < -0.39 is 0 Å². The van der Waals surface area contributed by atoms with Crippen LogP contribution in [0.4, 0.5) is 10.1 Å². The lowest BCUT2D eigenvalue weighted by atomic mass is 10.1. The van der Waals surface area contributed by atoms with Gasteiger partial charge in [0.05, 0.1) is 0 Å². The van der Waals surface area contributed by atoms with Gasteiger partial charge in [0, 0.05) is 24.3 Å². The van der Waals surface area contributed by atoms with E-state index >= 15 is 0 Å². The van der Waals surface area contributed by atoms with E-state index in [1.807, 2.05) is 18.2 Å². The van der Waals surface area contributed by atoms with Crippen LogP contribution in [0.5, 0.6) is 0 Å². The van der Waals surface area contributed by atoms with Crippen LogP contribution in [0.3, 0.4) is 0 Å². The summed E-state index contributed by atoms with van der Waals surface area (Å²) in [6.45, 7) is 5.62. The quantitative estimate of drug-likeness (QED) is 0.779. The van der Waals surface area contributed by atoms with Crippen LogP contribution in [0.25, 0.3) is 0 Å². The van der Waals surface area contributed by atoms with Gasteiger partial charge in [0.15, 0.2) is 0 Å². The summed E-state index contributed by atoms with van der Waals surface area (Å²) in [6.07, 6.45) is 0. The maximum atomic E-state index is 13.7. The molecular weight excluding hydrogens is 225 g/mol. The summed E-state index contributed by atoms with van der Waals surface area (Å²) in [5, 5.41) is 0. The molecule has 0 spiro atoms. The molecule has 18 heavy (non-hydrogen) atoms. The smallest absolute Gasteiger partial charge is 0.128 e. The highest BCUT2D eigenvalue weighted by molar-refractivity contribution is 5.48. The molecule has 0 N–H and O–H groups in total. The standard InChI is InChI=1S/C16H18FN/c1-3-18(15-9-6-7-13(2)11-15)12-14-8-4-5-10-16(14)17/h4-11H,3,12H2,1-2H3. The molecule has 0 aliphatic rings. The van der Waals surface area contributed by atoms with Crippen LogP contribution in [0.1, 0.15) is 18.1 Å². The molecule has 0 bridgehead atoms. The van der Waals surface area contributed by atoms with Gasteiger partial charge in [-0.25, -0.2) is 4.39 Å². The molecule has 2 aromatic carbocycles. The van der Waals surface area contributed by atoms with E-state index in [-0.39, 0.29) is 5.82 Å². The van der Waals surface area contributed by atoms with Gasteiger partial charge in [-0.1, -0.05) is 30.3 Å². The van der Waals surface area contributed by atoms with Gasteiger partial charge < -0.3 is 4.90 Å². The monoisotopic (exact) mass is 243 g/mol. The van der Waals surface area contributed by atoms with Gasteiger partial charge >= 0.3 is 0 Å². The van der Waals surface area contributed by atoms with Gasteiger partial charge in [-0.2, -0.15) is 0 Å². The number of hydrogen-bond donors (Lipinski definition) is 0. The lowest BCUT2D eigenvalue weighted by molar-refractivity contribution is 0.605. The van der Waals surface area contributed by atoms with Crippen molar-refractivity contribution in [2.75, 3.05) is 11.4 Å². The molecular formula is C16H18FN. The van der Waals surface area contributed by atoms with Crippen molar-refractivity contribution in [3.63, 3.8) is 0 Å². The Hall–Kier alpha value is -1.83. The number of halogens is 1. The second kappa shape index (κ2) is 5.67. The van der Waals surface area contributed by atoms with Gasteiger partial charge in [-0.05, 0) is 37.6 Å². The summed E-state index contributed by atoms with van der Waals surface area (Å²) in [7, 11) is 0. The van der Waals surface area contributed by atoms with E-state index in [1.54, 1.807) is 6.07 Å². The van der Waals surface area contributed by atoms with Crippen LogP contribution in [0.2, 0.25) is 0 Å². The van der Waals surface area contributed by atoms with Crippen molar-refractivity contribution in [1.29, 1.82) is 0 Å². The highest BCUT2D eigenvalue weighted by Crippen LogP contribution is 2.19. The van der Waals surface area contributed by atoms with Crippen LogP contribution in [0, 0.1) is 12.7 Å². The Labute approximate surface area is 108 Å². The van der Waals surface area contributed by atoms with Gasteiger partial charge in [-0.15, -0.1) is 0 Å². The number of hydrogen-bond acceptors (Lipinski definition) is 1. The SMILES string of the molecule is CCN(Cc1ccccc1F)c1cccc(C)c1. The minimum absolute atomic E-state index is 0.136. The summed E-state index contributed by atoms with van der Waals surface area (Å²) >= 11 is 0. The van der Waals surface area contributed by atoms with Gasteiger partial charge in [0.25, 0.3) is 0 Å². The predicted molar refractivity (Wildman–Crippen MR) is 74.3 cm³/mol. The minimum atomic E-state index is -0.136. The second-order valence-corrected chi connectivity index (χ2v) is 4.44. The summed E-state index contributed by atoms with van der Waals surface area (Å²) in [4.78, 5) is 2.17. The van der Waals surface area contributed by atoms with Crippen molar-refractivity contribution in [3.05, 3.63) is 65.5 Å². The van der Waals surface area contributed by atoms with Crippen molar-refractivity contribution in [2.45, 2.75) is 20.4 Å². The van der Waals surface area contributed by atoms with E-state index in [2.05, 4.69) is 36.9 Å². The summed E-state index contributed by atoms with van der Waals surface area (Å²) in [6, 6.07) is 15.3. The molecule has 0 radical (unpaired) electrons. The highest BCUT2D eigenvalue weighted by atomic mass is 19.1. The Morgan fingerprint density at radius 3 is 2.50 bits per heavy atom. The first-order valence-corrected chi connectivity index (χ1v) is 6.25. The average molecular weight is 243 g/mol. The van der Waals surface area contributed by atoms with E-state index in [0.717, 1.165) is 17.8 Å². The van der Waals surface area contributed by atoms with E-state index in [4.69, 9.17) is 0 Å². The lowest BCUT2D eigenvalue weighted by Crippen LogP contribution is -2.22. The fraction of sp³-hybridized carbons (Fsp3) is 0.250. The Balaban J connectivity index is 2.23. The Morgan fingerprint density at radius 1 is 1.06 bits per heavy atom. The zero-order valence-electron chi connectivity index (χ0n) is 10.9. The molecule has 0 atom stereocenters. The second-order valence-electron chi connectivity index (χ2n) is 4.44. The number of rotatable bonds is 4. The molecule has 0 amide bonds. The minimum Gasteiger partial charge on any atom is -0.367 e. The molecule has 2 aromatic rings. The first kappa shape index (κ1) is 12.6. The normalized spacial score (nSPS) is 10.4. The van der Waals surface area contributed by atoms with Crippen molar-refractivity contribution < 1.29 is 4.39 Å².